The van der Waals surface area contributed by atoms with Gasteiger partial charge in [0, 0.05) is 11.1 Å². The van der Waals surface area contributed by atoms with Gasteiger partial charge >= 0.3 is 0 Å². The van der Waals surface area contributed by atoms with Gasteiger partial charge in [0.25, 0.3) is 0 Å². The lowest BCUT2D eigenvalue weighted by atomic mass is 9.97. The van der Waals surface area contributed by atoms with Crippen molar-refractivity contribution in [3.63, 3.8) is 0 Å². The quantitative estimate of drug-likeness (QED) is 0.714. The average Bonchev–Trinajstić information content (AvgIpc) is 2.53. The highest BCUT2D eigenvalue weighted by molar-refractivity contribution is 7.98. The van der Waals surface area contributed by atoms with Crippen molar-refractivity contribution in [2.24, 2.45) is 4.99 Å². The van der Waals surface area contributed by atoms with Crippen LogP contribution in [-0.2, 0) is 0 Å². The molecule has 3 heteroatoms. The summed E-state index contributed by atoms with van der Waals surface area (Å²) in [5.41, 5.74) is 2.62. The summed E-state index contributed by atoms with van der Waals surface area (Å²) in [5, 5.41) is 0. The number of hydrogen-bond acceptors (Lipinski definition) is 2. The number of nitrogens with zero attached hydrogens (tertiary/aromatic N) is 1. The van der Waals surface area contributed by atoms with E-state index >= 15 is 0 Å². The van der Waals surface area contributed by atoms with E-state index in [0.29, 0.717) is 5.57 Å². The van der Waals surface area contributed by atoms with E-state index in [0.717, 1.165) is 11.1 Å². The smallest absolute Gasteiger partial charge is 0.128 e. The third-order valence-corrected chi connectivity index (χ3v) is 3.82. The lowest BCUT2D eigenvalue weighted by molar-refractivity contribution is 0.556. The molecule has 0 bridgehead atoms. The van der Waals surface area contributed by atoms with E-state index in [2.05, 4.69) is 17.1 Å². The van der Waals surface area contributed by atoms with Gasteiger partial charge in [0.2, 0.25) is 0 Å². The third kappa shape index (κ3) is 2.56. The topological polar surface area (TPSA) is 12.4 Å². The molecule has 2 rings (SSSR count). The van der Waals surface area contributed by atoms with Crippen molar-refractivity contribution in [2.45, 2.75) is 24.8 Å². The van der Waals surface area contributed by atoms with Gasteiger partial charge < -0.3 is 0 Å². The second kappa shape index (κ2) is 5.53. The van der Waals surface area contributed by atoms with E-state index in [1.54, 1.807) is 24.9 Å². The summed E-state index contributed by atoms with van der Waals surface area (Å²) in [6, 6.07) is 7.77. The maximum absolute atomic E-state index is 14.0. The van der Waals surface area contributed by atoms with E-state index in [9.17, 15) is 4.39 Å². The van der Waals surface area contributed by atoms with Gasteiger partial charge in [-0.2, -0.15) is 0 Å². The highest BCUT2D eigenvalue weighted by Gasteiger charge is 2.16. The zero-order valence-electron chi connectivity index (χ0n) is 10.8. The summed E-state index contributed by atoms with van der Waals surface area (Å²) < 4.78 is 14.0. The fourth-order valence-electron chi connectivity index (χ4n) is 1.96. The van der Waals surface area contributed by atoms with Gasteiger partial charge in [0.05, 0.1) is 6.04 Å². The maximum atomic E-state index is 14.0. The monoisotopic (exact) mass is 261 g/mol. The van der Waals surface area contributed by atoms with Crippen molar-refractivity contribution in [1.29, 1.82) is 0 Å². The van der Waals surface area contributed by atoms with Crippen LogP contribution in [0.25, 0.3) is 5.57 Å². The fourth-order valence-corrected chi connectivity index (χ4v) is 2.37. The van der Waals surface area contributed by atoms with Crippen LogP contribution in [0.5, 0.6) is 0 Å². The molecule has 1 atom stereocenters. The van der Waals surface area contributed by atoms with E-state index in [1.165, 1.54) is 4.90 Å². The Morgan fingerprint density at radius 1 is 1.22 bits per heavy atom. The van der Waals surface area contributed by atoms with Gasteiger partial charge in [0.15, 0.2) is 0 Å². The highest BCUT2D eigenvalue weighted by atomic mass is 32.2. The molecule has 0 saturated carbocycles. The van der Waals surface area contributed by atoms with Gasteiger partial charge in [-0.1, -0.05) is 12.1 Å². The molecule has 0 radical (unpaired) electrons. The molecule has 1 heterocycles. The standard InChI is InChI=1S/C15H16FNS/c1-10-14(8-9-17-11(2)15(10)16)12-4-6-13(18-3)7-5-12/h4-9,11H,1-3H3/t11-/m0/s1. The Morgan fingerprint density at radius 2 is 1.89 bits per heavy atom. The summed E-state index contributed by atoms with van der Waals surface area (Å²) in [6.45, 7) is 3.58. The summed E-state index contributed by atoms with van der Waals surface area (Å²) in [7, 11) is 0. The molecular weight excluding hydrogens is 245 g/mol. The number of halogens is 1. The second-order valence-corrected chi connectivity index (χ2v) is 5.14. The maximum Gasteiger partial charge on any atom is 0.128 e. The molecule has 1 aromatic carbocycles. The molecule has 0 aliphatic carbocycles. The highest BCUT2D eigenvalue weighted by Crippen LogP contribution is 2.30. The van der Waals surface area contributed by atoms with Gasteiger partial charge in [0.1, 0.15) is 5.83 Å². The van der Waals surface area contributed by atoms with Crippen molar-refractivity contribution in [3.05, 3.63) is 47.3 Å². The van der Waals surface area contributed by atoms with Crippen LogP contribution < -0.4 is 0 Å². The summed E-state index contributed by atoms with van der Waals surface area (Å²) in [6.07, 6.45) is 5.62. The Morgan fingerprint density at radius 3 is 2.50 bits per heavy atom. The number of allylic oxidation sites excluding steroid dienone is 3. The molecule has 1 aromatic rings. The zero-order chi connectivity index (χ0) is 13.1. The number of rotatable bonds is 2. The minimum absolute atomic E-state index is 0.149. The minimum Gasteiger partial charge on any atom is -0.283 e. The Balaban J connectivity index is 2.43. The van der Waals surface area contributed by atoms with Crippen LogP contribution >= 0.6 is 11.8 Å². The van der Waals surface area contributed by atoms with Crippen molar-refractivity contribution >= 4 is 23.5 Å². The van der Waals surface area contributed by atoms with Crippen LogP contribution in [0.4, 0.5) is 4.39 Å². The van der Waals surface area contributed by atoms with E-state index in [1.807, 2.05) is 31.4 Å². The molecule has 0 aromatic heterocycles. The van der Waals surface area contributed by atoms with Crippen LogP contribution in [-0.4, -0.2) is 18.5 Å². The van der Waals surface area contributed by atoms with E-state index in [-0.39, 0.29) is 11.9 Å². The van der Waals surface area contributed by atoms with Crippen LogP contribution in [0.1, 0.15) is 19.4 Å². The van der Waals surface area contributed by atoms with Crippen LogP contribution in [0.15, 0.2) is 51.6 Å². The van der Waals surface area contributed by atoms with Gasteiger partial charge in [-0.25, -0.2) is 4.39 Å². The molecule has 18 heavy (non-hydrogen) atoms. The van der Waals surface area contributed by atoms with Crippen LogP contribution in [0, 0.1) is 0 Å². The molecule has 0 spiro atoms. The largest absolute Gasteiger partial charge is 0.283 e. The van der Waals surface area contributed by atoms with Gasteiger partial charge in [-0.15, -0.1) is 11.8 Å². The molecule has 0 saturated heterocycles. The minimum atomic E-state index is -0.385. The summed E-state index contributed by atoms with van der Waals surface area (Å²) in [4.78, 5) is 5.33. The van der Waals surface area contributed by atoms with Crippen molar-refractivity contribution < 1.29 is 4.39 Å². The first-order valence-corrected chi connectivity index (χ1v) is 7.10. The van der Waals surface area contributed by atoms with Gasteiger partial charge in [-0.3, -0.25) is 4.99 Å². The first kappa shape index (κ1) is 13.1. The molecule has 0 fully saturated rings. The molecule has 1 nitrogen and oxygen atoms in total. The lowest BCUT2D eigenvalue weighted by Crippen LogP contribution is -2.00. The summed E-state index contributed by atoms with van der Waals surface area (Å²) >= 11 is 1.70. The first-order valence-electron chi connectivity index (χ1n) is 5.88. The van der Waals surface area contributed by atoms with Crippen molar-refractivity contribution in [2.75, 3.05) is 6.26 Å². The number of hydrogen-bond donors (Lipinski definition) is 0. The first-order chi connectivity index (χ1) is 8.63. The van der Waals surface area contributed by atoms with Crippen molar-refractivity contribution in [1.82, 2.24) is 0 Å². The Bertz CT molecular complexity index is 526. The third-order valence-electron chi connectivity index (χ3n) is 3.08. The normalized spacial score (nSPS) is 19.8. The summed E-state index contributed by atoms with van der Waals surface area (Å²) in [5.74, 6) is -0.149. The Labute approximate surface area is 112 Å². The van der Waals surface area contributed by atoms with E-state index in [4.69, 9.17) is 0 Å². The average molecular weight is 261 g/mol. The second-order valence-electron chi connectivity index (χ2n) is 4.26. The zero-order valence-corrected chi connectivity index (χ0v) is 11.6. The molecular formula is C15H16FNS. The van der Waals surface area contributed by atoms with Crippen LogP contribution in [0.2, 0.25) is 0 Å². The SMILES string of the molecule is CSc1ccc(C2=CC=N[C@@H](C)C(F)=C2C)cc1. The molecule has 0 unspecified atom stereocenters. The molecule has 0 amide bonds. The molecule has 1 aliphatic rings. The number of thioether (sulfide) groups is 1. The van der Waals surface area contributed by atoms with Crippen molar-refractivity contribution in [3.8, 4) is 0 Å². The Hall–Kier alpha value is -1.35. The molecule has 94 valence electrons. The lowest BCUT2D eigenvalue weighted by Gasteiger charge is -2.10. The predicted molar refractivity (Wildman–Crippen MR) is 78.0 cm³/mol. The predicted octanol–water partition coefficient (Wildman–Crippen LogP) is 4.51. The van der Waals surface area contributed by atoms with Gasteiger partial charge in [-0.05, 0) is 55.0 Å². The number of benzene rings is 1. The molecule has 0 N–H and O–H groups in total. The van der Waals surface area contributed by atoms with E-state index < -0.39 is 0 Å². The van der Waals surface area contributed by atoms with Crippen LogP contribution in [0.3, 0.4) is 0 Å². The fraction of sp³-hybridized carbons (Fsp3) is 0.267. The Kier molecular flexibility index (Phi) is 4.02. The molecule has 1 aliphatic heterocycles. The number of aliphatic imine (C=N–C) groups is 1.